The van der Waals surface area contributed by atoms with Gasteiger partial charge in [0.1, 0.15) is 4.99 Å². The quantitative estimate of drug-likeness (QED) is 0.847. The first kappa shape index (κ1) is 14.1. The summed E-state index contributed by atoms with van der Waals surface area (Å²) in [6.07, 6.45) is -4.40. The maximum absolute atomic E-state index is 12.7. The van der Waals surface area contributed by atoms with Gasteiger partial charge in [0.05, 0.1) is 18.8 Å². The molecule has 0 atom stereocenters. The van der Waals surface area contributed by atoms with Gasteiger partial charge in [-0.3, -0.25) is 0 Å². The molecular weight excluding hydrogens is 277 g/mol. The second kappa shape index (κ2) is 5.34. The van der Waals surface area contributed by atoms with Crippen LogP contribution in [0.15, 0.2) is 18.2 Å². The zero-order valence-electron chi connectivity index (χ0n) is 10.0. The monoisotopic (exact) mass is 290 g/mol. The lowest BCUT2D eigenvalue weighted by Gasteiger charge is -2.30. The number of rotatable bonds is 2. The predicted molar refractivity (Wildman–Crippen MR) is 70.4 cm³/mol. The highest BCUT2D eigenvalue weighted by Gasteiger charge is 2.31. The molecule has 1 aliphatic rings. The van der Waals surface area contributed by atoms with Crippen LogP contribution in [0.25, 0.3) is 0 Å². The Morgan fingerprint density at radius 3 is 2.42 bits per heavy atom. The third kappa shape index (κ3) is 3.16. The molecule has 0 aliphatic carbocycles. The lowest BCUT2D eigenvalue weighted by atomic mass is 10.1. The van der Waals surface area contributed by atoms with Crippen molar-refractivity contribution in [2.75, 3.05) is 31.2 Å². The summed E-state index contributed by atoms with van der Waals surface area (Å²) in [5.74, 6) is 0. The SMILES string of the molecule is NC(=S)c1cc(C(F)(F)F)ccc1N1CCOCC1. The van der Waals surface area contributed by atoms with Crippen LogP contribution in [0, 0.1) is 0 Å². The molecule has 1 heterocycles. The van der Waals surface area contributed by atoms with Crippen LogP contribution in [0.1, 0.15) is 11.1 Å². The summed E-state index contributed by atoms with van der Waals surface area (Å²) < 4.78 is 43.3. The highest BCUT2D eigenvalue weighted by Crippen LogP contribution is 2.33. The van der Waals surface area contributed by atoms with Crippen LogP contribution in [0.4, 0.5) is 18.9 Å². The number of halogens is 3. The molecule has 7 heteroatoms. The van der Waals surface area contributed by atoms with E-state index in [9.17, 15) is 13.2 Å². The molecule has 1 aromatic rings. The lowest BCUT2D eigenvalue weighted by Crippen LogP contribution is -2.37. The first-order valence-corrected chi connectivity index (χ1v) is 6.14. The normalized spacial score (nSPS) is 16.5. The molecule has 0 bridgehead atoms. The summed E-state index contributed by atoms with van der Waals surface area (Å²) >= 11 is 4.85. The van der Waals surface area contributed by atoms with Crippen molar-refractivity contribution in [1.82, 2.24) is 0 Å². The van der Waals surface area contributed by atoms with E-state index in [4.69, 9.17) is 22.7 Å². The van der Waals surface area contributed by atoms with Crippen molar-refractivity contribution in [2.24, 2.45) is 5.73 Å². The fourth-order valence-corrected chi connectivity index (χ4v) is 2.15. The molecule has 1 fully saturated rings. The van der Waals surface area contributed by atoms with Crippen LogP contribution in [0.5, 0.6) is 0 Å². The average molecular weight is 290 g/mol. The van der Waals surface area contributed by atoms with E-state index in [1.165, 1.54) is 6.07 Å². The smallest absolute Gasteiger partial charge is 0.389 e. The highest BCUT2D eigenvalue weighted by molar-refractivity contribution is 7.80. The van der Waals surface area contributed by atoms with Crippen LogP contribution < -0.4 is 10.6 Å². The number of morpholine rings is 1. The number of ether oxygens (including phenoxy) is 1. The topological polar surface area (TPSA) is 38.5 Å². The minimum Gasteiger partial charge on any atom is -0.389 e. The van der Waals surface area contributed by atoms with Crippen molar-refractivity contribution < 1.29 is 17.9 Å². The average Bonchev–Trinajstić information content (AvgIpc) is 2.38. The number of anilines is 1. The van der Waals surface area contributed by atoms with Gasteiger partial charge >= 0.3 is 6.18 Å². The molecule has 0 radical (unpaired) electrons. The Morgan fingerprint density at radius 2 is 1.89 bits per heavy atom. The first-order chi connectivity index (χ1) is 8.89. The minimum absolute atomic E-state index is 0.0346. The first-order valence-electron chi connectivity index (χ1n) is 5.73. The van der Waals surface area contributed by atoms with E-state index >= 15 is 0 Å². The Bertz CT molecular complexity index is 484. The van der Waals surface area contributed by atoms with Crippen molar-refractivity contribution >= 4 is 22.9 Å². The Hall–Kier alpha value is -1.34. The van der Waals surface area contributed by atoms with E-state index in [1.807, 2.05) is 4.90 Å². The second-order valence-corrected chi connectivity index (χ2v) is 4.63. The van der Waals surface area contributed by atoms with Crippen molar-refractivity contribution in [3.05, 3.63) is 29.3 Å². The Morgan fingerprint density at radius 1 is 1.26 bits per heavy atom. The van der Waals surface area contributed by atoms with Crippen LogP contribution in [-0.2, 0) is 10.9 Å². The largest absolute Gasteiger partial charge is 0.416 e. The molecule has 1 aromatic carbocycles. The molecule has 19 heavy (non-hydrogen) atoms. The van der Waals surface area contributed by atoms with E-state index < -0.39 is 11.7 Å². The van der Waals surface area contributed by atoms with Gasteiger partial charge in [-0.1, -0.05) is 12.2 Å². The highest BCUT2D eigenvalue weighted by atomic mass is 32.1. The zero-order valence-corrected chi connectivity index (χ0v) is 10.9. The van der Waals surface area contributed by atoms with Crippen LogP contribution in [0.2, 0.25) is 0 Å². The maximum Gasteiger partial charge on any atom is 0.416 e. The molecule has 0 amide bonds. The van der Waals surface area contributed by atoms with Gasteiger partial charge in [-0.05, 0) is 18.2 Å². The van der Waals surface area contributed by atoms with Crippen molar-refractivity contribution in [2.45, 2.75) is 6.18 Å². The molecule has 0 aromatic heterocycles. The van der Waals surface area contributed by atoms with E-state index in [0.29, 0.717) is 32.0 Å². The van der Waals surface area contributed by atoms with Crippen LogP contribution in [-0.4, -0.2) is 31.3 Å². The molecule has 0 unspecified atom stereocenters. The predicted octanol–water partition coefficient (Wildman–Crippen LogP) is 2.18. The summed E-state index contributed by atoms with van der Waals surface area (Å²) in [6, 6.07) is 3.47. The van der Waals surface area contributed by atoms with E-state index in [-0.39, 0.29) is 10.6 Å². The second-order valence-electron chi connectivity index (χ2n) is 4.19. The fourth-order valence-electron chi connectivity index (χ4n) is 1.99. The lowest BCUT2D eigenvalue weighted by molar-refractivity contribution is -0.137. The third-order valence-corrected chi connectivity index (χ3v) is 3.16. The van der Waals surface area contributed by atoms with Gasteiger partial charge in [-0.2, -0.15) is 13.2 Å². The minimum atomic E-state index is -4.40. The number of hydrogen-bond donors (Lipinski definition) is 1. The number of thiocarbonyl (C=S) groups is 1. The van der Waals surface area contributed by atoms with Gasteiger partial charge in [0.15, 0.2) is 0 Å². The van der Waals surface area contributed by atoms with Gasteiger partial charge in [0, 0.05) is 24.3 Å². The van der Waals surface area contributed by atoms with Gasteiger partial charge in [-0.25, -0.2) is 0 Å². The van der Waals surface area contributed by atoms with Gasteiger partial charge in [0.25, 0.3) is 0 Å². The zero-order chi connectivity index (χ0) is 14.0. The summed E-state index contributed by atoms with van der Waals surface area (Å²) in [5, 5.41) is 0. The molecule has 1 saturated heterocycles. The summed E-state index contributed by atoms with van der Waals surface area (Å²) in [7, 11) is 0. The fraction of sp³-hybridized carbons (Fsp3) is 0.417. The molecule has 3 nitrogen and oxygen atoms in total. The number of hydrogen-bond acceptors (Lipinski definition) is 3. The number of nitrogens with zero attached hydrogens (tertiary/aromatic N) is 1. The maximum atomic E-state index is 12.7. The van der Waals surface area contributed by atoms with E-state index in [0.717, 1.165) is 12.1 Å². The van der Waals surface area contributed by atoms with Crippen molar-refractivity contribution in [1.29, 1.82) is 0 Å². The summed E-state index contributed by atoms with van der Waals surface area (Å²) in [6.45, 7) is 2.30. The molecule has 2 N–H and O–H groups in total. The molecule has 104 valence electrons. The van der Waals surface area contributed by atoms with Crippen molar-refractivity contribution in [3.63, 3.8) is 0 Å². The van der Waals surface area contributed by atoms with E-state index in [1.54, 1.807) is 0 Å². The summed E-state index contributed by atoms with van der Waals surface area (Å²) in [5.41, 5.74) is 5.68. The molecule has 0 saturated carbocycles. The number of nitrogens with two attached hydrogens (primary N) is 1. The molecule has 0 spiro atoms. The van der Waals surface area contributed by atoms with E-state index in [2.05, 4.69) is 0 Å². The standard InChI is InChI=1S/C12H13F3N2OS/c13-12(14,15)8-1-2-10(9(7-8)11(16)19)17-3-5-18-6-4-17/h1-2,7H,3-6H2,(H2,16,19). The molecule has 2 rings (SSSR count). The van der Waals surface area contributed by atoms with Gasteiger partial charge in [0.2, 0.25) is 0 Å². The van der Waals surface area contributed by atoms with Crippen LogP contribution in [0.3, 0.4) is 0 Å². The van der Waals surface area contributed by atoms with Crippen LogP contribution >= 0.6 is 12.2 Å². The molecular formula is C12H13F3N2OS. The third-order valence-electron chi connectivity index (χ3n) is 2.94. The van der Waals surface area contributed by atoms with Gasteiger partial charge in [-0.15, -0.1) is 0 Å². The van der Waals surface area contributed by atoms with Crippen molar-refractivity contribution in [3.8, 4) is 0 Å². The number of alkyl halides is 3. The Balaban J connectivity index is 2.40. The summed E-state index contributed by atoms with van der Waals surface area (Å²) in [4.78, 5) is 1.89. The number of benzene rings is 1. The Kier molecular flexibility index (Phi) is 3.96. The van der Waals surface area contributed by atoms with Gasteiger partial charge < -0.3 is 15.4 Å². The molecule has 1 aliphatic heterocycles. The Labute approximate surface area is 114 Å².